The Balaban J connectivity index is -0.0000000450. The molecule has 2 N–H and O–H groups in total. The van der Waals surface area contributed by atoms with E-state index in [0.717, 1.165) is 0 Å². The molecule has 0 rings (SSSR count). The Labute approximate surface area is 84.9 Å². The van der Waals surface area contributed by atoms with Gasteiger partial charge in [0.15, 0.2) is 0 Å². The van der Waals surface area contributed by atoms with Gasteiger partial charge in [-0.2, -0.15) is 0 Å². The van der Waals surface area contributed by atoms with Crippen LogP contribution in [0.3, 0.4) is 0 Å². The number of hydrogen-bond donors (Lipinski definition) is 2. The van der Waals surface area contributed by atoms with Gasteiger partial charge in [0, 0.05) is 0 Å². The molecule has 6 heavy (non-hydrogen) atoms. The first-order valence-electron chi connectivity index (χ1n) is 0.651. The van der Waals surface area contributed by atoms with Crippen LogP contribution in [0.15, 0.2) is 0 Å². The van der Waals surface area contributed by atoms with Crippen molar-refractivity contribution in [3.05, 3.63) is 0 Å². The van der Waals surface area contributed by atoms with Crippen LogP contribution in [0.25, 0.3) is 0 Å². The number of carboxylic acid groups (broad SMARTS) is 2. The summed E-state index contributed by atoms with van der Waals surface area (Å²) in [6.07, 6.45) is -1.83. The molecule has 0 unspecified atom stereocenters. The van der Waals surface area contributed by atoms with E-state index in [-0.39, 0.29) is 65.0 Å². The molecule has 0 aromatic carbocycles. The van der Waals surface area contributed by atoms with Crippen molar-refractivity contribution in [1.29, 1.82) is 0 Å². The van der Waals surface area contributed by atoms with Crippen molar-refractivity contribution in [2.75, 3.05) is 0 Å². The quantitative estimate of drug-likeness (QED) is 0.529. The zero-order valence-electron chi connectivity index (χ0n) is 2.51. The molecular weight excluding hydrogens is 307 g/mol. The molecule has 3 nitrogen and oxygen atoms in total. The predicted octanol–water partition coefficient (Wildman–Crippen LogP) is -1.61. The van der Waals surface area contributed by atoms with Crippen molar-refractivity contribution in [2.45, 2.75) is 0 Å². The second-order valence-corrected chi connectivity index (χ2v) is 0.283. The molecule has 0 aliphatic rings. The molecule has 0 saturated heterocycles. The van der Waals surface area contributed by atoms with Crippen LogP contribution in [0.1, 0.15) is 0 Å². The van der Waals surface area contributed by atoms with Gasteiger partial charge in [0.05, 0.1) is 0 Å². The fraction of sp³-hybridized carbons (Fsp3) is 0. The summed E-state index contributed by atoms with van der Waals surface area (Å²) in [7, 11) is 0. The zero-order chi connectivity index (χ0) is 3.58. The molecule has 2 radical (unpaired) electrons. The van der Waals surface area contributed by atoms with E-state index in [9.17, 15) is 0 Å². The summed E-state index contributed by atoms with van der Waals surface area (Å²) in [5.41, 5.74) is 0. The van der Waals surface area contributed by atoms with Crippen LogP contribution in [0.4, 0.5) is 4.79 Å². The molecular formula is CH6CaO3Pb. The second kappa shape index (κ2) is 9.68. The van der Waals surface area contributed by atoms with Crippen LogP contribution in [-0.4, -0.2) is 81.4 Å². The first-order chi connectivity index (χ1) is 1.73. The fourth-order valence-electron chi connectivity index (χ4n) is 0. The van der Waals surface area contributed by atoms with E-state index in [0.29, 0.717) is 0 Å². The predicted molar refractivity (Wildman–Crippen MR) is 27.7 cm³/mol. The Bertz CT molecular complexity index is 33.8. The van der Waals surface area contributed by atoms with Crippen LogP contribution >= 0.6 is 0 Å². The summed E-state index contributed by atoms with van der Waals surface area (Å²) in [6, 6.07) is 0. The standard InChI is InChI=1S/CH2O3.Ca.Pb.4H/c2-1(3)4;;;;;;/h(H2,2,3,4);;;;;;. The third-order valence-electron chi connectivity index (χ3n) is 0. The third-order valence-corrected chi connectivity index (χ3v) is 0. The van der Waals surface area contributed by atoms with E-state index in [1.165, 1.54) is 0 Å². The maximum atomic E-state index is 8.56. The van der Waals surface area contributed by atoms with Gasteiger partial charge < -0.3 is 10.2 Å². The molecule has 0 amide bonds. The average molecular weight is 313 g/mol. The van der Waals surface area contributed by atoms with Crippen LogP contribution < -0.4 is 0 Å². The minimum atomic E-state index is -1.83. The molecule has 0 saturated carbocycles. The first-order valence-corrected chi connectivity index (χ1v) is 0.651. The Morgan fingerprint density at radius 2 is 1.33 bits per heavy atom. The Kier molecular flexibility index (Phi) is 25.2. The Morgan fingerprint density at radius 3 is 1.33 bits per heavy atom. The van der Waals surface area contributed by atoms with Gasteiger partial charge in [-0.15, -0.1) is 0 Å². The minimum absolute atomic E-state index is 0. The van der Waals surface area contributed by atoms with E-state index in [1.807, 2.05) is 0 Å². The van der Waals surface area contributed by atoms with Gasteiger partial charge >= 0.3 is 71.2 Å². The maximum absolute atomic E-state index is 8.56. The van der Waals surface area contributed by atoms with Crippen LogP contribution in [-0.2, 0) is 0 Å². The van der Waals surface area contributed by atoms with Crippen LogP contribution in [0, 0.1) is 0 Å². The number of carbonyl (C=O) groups is 1. The van der Waals surface area contributed by atoms with E-state index in [1.54, 1.807) is 0 Å². The molecule has 0 aromatic heterocycles. The molecule has 0 heterocycles. The normalized spacial score (nSPS) is 4.00. The van der Waals surface area contributed by atoms with Crippen molar-refractivity contribution in [2.24, 2.45) is 0 Å². The molecule has 5 heteroatoms. The van der Waals surface area contributed by atoms with Gasteiger partial charge in [-0.25, -0.2) is 4.79 Å². The average Bonchev–Trinajstić information content (AvgIpc) is 0.811. The topological polar surface area (TPSA) is 57.5 Å². The van der Waals surface area contributed by atoms with Crippen molar-refractivity contribution in [1.82, 2.24) is 0 Å². The number of rotatable bonds is 0. The molecule has 0 spiro atoms. The SMILES string of the molecule is O=C(O)O.[CaH2].[PbH2]. The van der Waals surface area contributed by atoms with Gasteiger partial charge in [0.25, 0.3) is 0 Å². The van der Waals surface area contributed by atoms with E-state index in [2.05, 4.69) is 0 Å². The van der Waals surface area contributed by atoms with Gasteiger partial charge in [0.2, 0.25) is 0 Å². The van der Waals surface area contributed by atoms with Crippen molar-refractivity contribution < 1.29 is 15.0 Å². The molecule has 0 fully saturated rings. The summed E-state index contributed by atoms with van der Waals surface area (Å²) in [6.45, 7) is 0. The third kappa shape index (κ3) is 51.3. The van der Waals surface area contributed by atoms with Crippen molar-refractivity contribution in [3.63, 3.8) is 0 Å². The van der Waals surface area contributed by atoms with E-state index < -0.39 is 6.16 Å². The van der Waals surface area contributed by atoms with Gasteiger partial charge in [-0.1, -0.05) is 0 Å². The molecule has 0 aromatic rings. The monoisotopic (exact) mass is 314 g/mol. The Morgan fingerprint density at radius 1 is 1.33 bits per heavy atom. The summed E-state index contributed by atoms with van der Waals surface area (Å²) in [5, 5.41) is 13.9. The number of hydrogen-bond acceptors (Lipinski definition) is 1. The summed E-state index contributed by atoms with van der Waals surface area (Å²) in [5.74, 6) is 0. The molecule has 0 aliphatic carbocycles. The Hall–Kier alpha value is 1.45. The summed E-state index contributed by atoms with van der Waals surface area (Å²) < 4.78 is 0. The van der Waals surface area contributed by atoms with Gasteiger partial charge in [-0.05, 0) is 0 Å². The van der Waals surface area contributed by atoms with Crippen LogP contribution in [0.2, 0.25) is 0 Å². The van der Waals surface area contributed by atoms with E-state index in [4.69, 9.17) is 15.0 Å². The zero-order valence-corrected chi connectivity index (χ0v) is 8.01. The first kappa shape index (κ1) is 15.7. The molecule has 0 aliphatic heterocycles. The second-order valence-electron chi connectivity index (χ2n) is 0.283. The van der Waals surface area contributed by atoms with Crippen molar-refractivity contribution in [3.8, 4) is 0 Å². The van der Waals surface area contributed by atoms with Crippen LogP contribution in [0.5, 0.6) is 0 Å². The fourth-order valence-corrected chi connectivity index (χ4v) is 0. The molecule has 34 valence electrons. The van der Waals surface area contributed by atoms with E-state index >= 15 is 0 Å². The summed E-state index contributed by atoms with van der Waals surface area (Å²) >= 11 is 0. The van der Waals surface area contributed by atoms with Gasteiger partial charge in [0.1, 0.15) is 0 Å². The molecule has 0 bridgehead atoms. The van der Waals surface area contributed by atoms with Gasteiger partial charge in [-0.3, -0.25) is 0 Å². The molecule has 0 atom stereocenters. The summed E-state index contributed by atoms with van der Waals surface area (Å²) in [4.78, 5) is 8.56. The van der Waals surface area contributed by atoms with Crippen molar-refractivity contribution >= 4 is 71.2 Å².